The summed E-state index contributed by atoms with van der Waals surface area (Å²) in [7, 11) is 0. The lowest BCUT2D eigenvalue weighted by atomic mass is 10.2. The van der Waals surface area contributed by atoms with Crippen molar-refractivity contribution in [3.63, 3.8) is 0 Å². The van der Waals surface area contributed by atoms with Crippen molar-refractivity contribution in [2.75, 3.05) is 23.3 Å². The number of nitrogens with one attached hydrogen (secondary N) is 1. The first-order valence-corrected chi connectivity index (χ1v) is 9.05. The molecule has 0 radical (unpaired) electrons. The minimum absolute atomic E-state index is 0.0799. The van der Waals surface area contributed by atoms with Crippen molar-refractivity contribution in [3.8, 4) is 0 Å². The summed E-state index contributed by atoms with van der Waals surface area (Å²) >= 11 is 3.50. The van der Waals surface area contributed by atoms with E-state index in [4.69, 9.17) is 0 Å². The largest absolute Gasteiger partial charge is 0.372 e. The molecule has 2 rings (SSSR count). The van der Waals surface area contributed by atoms with E-state index in [0.717, 1.165) is 40.3 Å². The van der Waals surface area contributed by atoms with Crippen molar-refractivity contribution in [2.24, 2.45) is 0 Å². The second-order valence-electron chi connectivity index (χ2n) is 5.81. The van der Waals surface area contributed by atoms with Gasteiger partial charge in [0, 0.05) is 24.5 Å². The Morgan fingerprint density at radius 3 is 2.29 bits per heavy atom. The lowest BCUT2D eigenvalue weighted by Crippen LogP contribution is -2.25. The fourth-order valence-electron chi connectivity index (χ4n) is 2.72. The number of amides is 1. The normalized spacial score (nSPS) is 12.1. The Labute approximate surface area is 152 Å². The molecule has 6 heteroatoms. The molecule has 2 aromatic rings. The van der Waals surface area contributed by atoms with Crippen LogP contribution in [0.2, 0.25) is 0 Å². The van der Waals surface area contributed by atoms with E-state index in [9.17, 15) is 4.79 Å². The highest BCUT2D eigenvalue weighted by Gasteiger charge is 2.20. The Morgan fingerprint density at radius 2 is 1.83 bits per heavy atom. The van der Waals surface area contributed by atoms with E-state index in [2.05, 4.69) is 45.1 Å². The van der Waals surface area contributed by atoms with Gasteiger partial charge in [0.05, 0.1) is 15.9 Å². The van der Waals surface area contributed by atoms with E-state index >= 15 is 0 Å². The van der Waals surface area contributed by atoms with Crippen LogP contribution in [0.3, 0.4) is 0 Å². The molecule has 1 atom stereocenters. The zero-order valence-corrected chi connectivity index (χ0v) is 16.5. The summed E-state index contributed by atoms with van der Waals surface area (Å²) in [4.78, 5) is 14.8. The highest BCUT2D eigenvalue weighted by molar-refractivity contribution is 9.10. The number of nitrogens with zero attached hydrogens (tertiary/aromatic N) is 3. The number of aryl methyl sites for hydroxylation is 1. The van der Waals surface area contributed by atoms with Gasteiger partial charge in [-0.05, 0) is 74.8 Å². The molecular formula is C18H25BrN4O. The van der Waals surface area contributed by atoms with Gasteiger partial charge in [-0.2, -0.15) is 5.10 Å². The number of hydrogen-bond acceptors (Lipinski definition) is 3. The number of anilines is 2. The number of rotatable bonds is 6. The van der Waals surface area contributed by atoms with Crippen molar-refractivity contribution in [1.82, 2.24) is 9.78 Å². The number of aromatic nitrogens is 2. The number of carbonyl (C=O) groups is 1. The van der Waals surface area contributed by atoms with Gasteiger partial charge in [-0.3, -0.25) is 9.48 Å². The average Bonchev–Trinajstić information content (AvgIpc) is 2.84. The van der Waals surface area contributed by atoms with E-state index in [1.54, 1.807) is 4.68 Å². The van der Waals surface area contributed by atoms with Crippen LogP contribution in [0.5, 0.6) is 0 Å². The lowest BCUT2D eigenvalue weighted by Gasteiger charge is -2.21. The van der Waals surface area contributed by atoms with Gasteiger partial charge in [0.25, 0.3) is 0 Å². The van der Waals surface area contributed by atoms with Crippen LogP contribution in [0, 0.1) is 13.8 Å². The van der Waals surface area contributed by atoms with E-state index in [1.807, 2.05) is 45.0 Å². The molecule has 1 N–H and O–H groups in total. The van der Waals surface area contributed by atoms with Crippen molar-refractivity contribution >= 4 is 33.2 Å². The van der Waals surface area contributed by atoms with Gasteiger partial charge >= 0.3 is 0 Å². The van der Waals surface area contributed by atoms with Crippen LogP contribution in [0.25, 0.3) is 0 Å². The molecule has 0 fully saturated rings. The van der Waals surface area contributed by atoms with Gasteiger partial charge in [0.2, 0.25) is 5.91 Å². The van der Waals surface area contributed by atoms with Crippen molar-refractivity contribution < 1.29 is 4.79 Å². The molecule has 0 aliphatic rings. The summed E-state index contributed by atoms with van der Waals surface area (Å²) in [6.07, 6.45) is 0. The Balaban J connectivity index is 2.10. The van der Waals surface area contributed by atoms with E-state index < -0.39 is 0 Å². The highest BCUT2D eigenvalue weighted by atomic mass is 79.9. The summed E-state index contributed by atoms with van der Waals surface area (Å²) in [5.41, 5.74) is 3.79. The molecular weight excluding hydrogens is 368 g/mol. The van der Waals surface area contributed by atoms with Crippen LogP contribution >= 0.6 is 15.9 Å². The molecule has 0 saturated carbocycles. The maximum Gasteiger partial charge on any atom is 0.248 e. The predicted octanol–water partition coefficient (Wildman–Crippen LogP) is 4.31. The fraction of sp³-hybridized carbons (Fsp3) is 0.444. The van der Waals surface area contributed by atoms with Gasteiger partial charge in [0.15, 0.2) is 0 Å². The van der Waals surface area contributed by atoms with Crippen LogP contribution < -0.4 is 10.2 Å². The monoisotopic (exact) mass is 392 g/mol. The second-order valence-corrected chi connectivity index (χ2v) is 6.61. The molecule has 1 unspecified atom stereocenters. The first-order valence-electron chi connectivity index (χ1n) is 8.26. The van der Waals surface area contributed by atoms with Crippen LogP contribution in [-0.4, -0.2) is 28.8 Å². The fourth-order valence-corrected chi connectivity index (χ4v) is 2.98. The number of hydrogen-bond donors (Lipinski definition) is 1. The molecule has 24 heavy (non-hydrogen) atoms. The molecule has 5 nitrogen and oxygen atoms in total. The van der Waals surface area contributed by atoms with Crippen LogP contribution in [0.1, 0.15) is 38.2 Å². The molecule has 1 amide bonds. The third kappa shape index (κ3) is 3.80. The summed E-state index contributed by atoms with van der Waals surface area (Å²) in [6, 6.07) is 7.57. The van der Waals surface area contributed by atoms with E-state index in [1.165, 1.54) is 0 Å². The topological polar surface area (TPSA) is 50.2 Å². The maximum absolute atomic E-state index is 12.5. The summed E-state index contributed by atoms with van der Waals surface area (Å²) in [5, 5.41) is 7.40. The van der Waals surface area contributed by atoms with Crippen LogP contribution in [0.15, 0.2) is 28.7 Å². The molecule has 0 aliphatic heterocycles. The van der Waals surface area contributed by atoms with Crippen molar-refractivity contribution in [3.05, 3.63) is 40.1 Å². The first-order chi connectivity index (χ1) is 11.4. The van der Waals surface area contributed by atoms with Gasteiger partial charge in [-0.1, -0.05) is 0 Å². The Bertz CT molecular complexity index is 705. The van der Waals surface area contributed by atoms with E-state index in [-0.39, 0.29) is 11.9 Å². The molecule has 1 heterocycles. The standard InChI is InChI=1S/C18H25BrN4O/c1-6-22(7-2)16-10-8-15(9-11-16)20-18(24)14(5)23-13(4)17(19)12(3)21-23/h8-11,14H,6-7H2,1-5H3,(H,20,24). The Hall–Kier alpha value is -1.82. The number of benzene rings is 1. The smallest absolute Gasteiger partial charge is 0.248 e. The Morgan fingerprint density at radius 1 is 1.25 bits per heavy atom. The third-order valence-corrected chi connectivity index (χ3v) is 5.39. The molecule has 1 aromatic heterocycles. The SMILES string of the molecule is CCN(CC)c1ccc(NC(=O)C(C)n2nc(C)c(Br)c2C)cc1. The molecule has 0 bridgehead atoms. The van der Waals surface area contributed by atoms with Gasteiger partial charge in [-0.15, -0.1) is 0 Å². The first kappa shape index (κ1) is 18.5. The predicted molar refractivity (Wildman–Crippen MR) is 103 cm³/mol. The number of halogens is 1. The average molecular weight is 393 g/mol. The lowest BCUT2D eigenvalue weighted by molar-refractivity contribution is -0.119. The van der Waals surface area contributed by atoms with Gasteiger partial charge in [0.1, 0.15) is 6.04 Å². The van der Waals surface area contributed by atoms with Crippen LogP contribution in [0.4, 0.5) is 11.4 Å². The molecule has 0 spiro atoms. The van der Waals surface area contributed by atoms with Gasteiger partial charge < -0.3 is 10.2 Å². The maximum atomic E-state index is 12.5. The van der Waals surface area contributed by atoms with Crippen LogP contribution in [-0.2, 0) is 4.79 Å². The minimum atomic E-state index is -0.377. The third-order valence-electron chi connectivity index (χ3n) is 4.25. The minimum Gasteiger partial charge on any atom is -0.372 e. The molecule has 0 aliphatic carbocycles. The number of carbonyl (C=O) groups excluding carboxylic acids is 1. The summed E-state index contributed by atoms with van der Waals surface area (Å²) in [5.74, 6) is -0.0799. The van der Waals surface area contributed by atoms with Crippen molar-refractivity contribution in [1.29, 1.82) is 0 Å². The van der Waals surface area contributed by atoms with Gasteiger partial charge in [-0.25, -0.2) is 0 Å². The zero-order valence-electron chi connectivity index (χ0n) is 14.9. The summed E-state index contributed by atoms with van der Waals surface area (Å²) < 4.78 is 2.70. The molecule has 0 saturated heterocycles. The van der Waals surface area contributed by atoms with Crippen molar-refractivity contribution in [2.45, 2.75) is 40.7 Å². The quantitative estimate of drug-likeness (QED) is 0.796. The molecule has 1 aromatic carbocycles. The Kier molecular flexibility index (Phi) is 6.04. The summed E-state index contributed by atoms with van der Waals surface area (Å²) in [6.45, 7) is 11.9. The highest BCUT2D eigenvalue weighted by Crippen LogP contribution is 2.24. The second kappa shape index (κ2) is 7.83. The molecule has 130 valence electrons. The van der Waals surface area contributed by atoms with E-state index in [0.29, 0.717) is 0 Å². The zero-order chi connectivity index (χ0) is 17.9.